The molecule has 1 aliphatic heterocycles. The second-order valence-corrected chi connectivity index (χ2v) is 6.92. The number of hydrogen-bond donors (Lipinski definition) is 0. The van der Waals surface area contributed by atoms with Crippen LogP contribution in [0.2, 0.25) is 0 Å². The van der Waals surface area contributed by atoms with Gasteiger partial charge in [-0.3, -0.25) is 9.59 Å². The Morgan fingerprint density at radius 2 is 2.11 bits per heavy atom. The molecule has 0 radical (unpaired) electrons. The fraction of sp³-hybridized carbons (Fsp3) is 0.867. The lowest BCUT2D eigenvalue weighted by Gasteiger charge is -2.39. The van der Waals surface area contributed by atoms with Crippen LogP contribution in [0.5, 0.6) is 0 Å². The normalized spacial score (nSPS) is 40.2. The van der Waals surface area contributed by atoms with Crippen molar-refractivity contribution in [3.8, 4) is 0 Å². The summed E-state index contributed by atoms with van der Waals surface area (Å²) >= 11 is 0. The molecule has 0 aromatic carbocycles. The van der Waals surface area contributed by atoms with Gasteiger partial charge in [0.2, 0.25) is 0 Å². The number of ether oxygens (including phenoxy) is 2. The molecule has 1 saturated heterocycles. The summed E-state index contributed by atoms with van der Waals surface area (Å²) in [5.74, 6) is 0.994. The molecule has 0 aromatic rings. The van der Waals surface area contributed by atoms with Crippen LogP contribution < -0.4 is 0 Å². The quantitative estimate of drug-likeness (QED) is 0.736. The maximum atomic E-state index is 12.2. The third-order valence-corrected chi connectivity index (χ3v) is 5.37. The number of carbonyl (C=O) groups is 2. The Balaban J connectivity index is 1.73. The molecule has 0 aromatic heterocycles. The summed E-state index contributed by atoms with van der Waals surface area (Å²) in [6.45, 7) is 5.79. The minimum absolute atomic E-state index is 0.123. The maximum absolute atomic E-state index is 12.2. The zero-order chi connectivity index (χ0) is 13.8. The standard InChI is InChI=1S/C15H22O4/c1-4-15(2,3)14(17)19-12-9-5-8-7-11(16)18-13(12)10(8)6-9/h8-10,12-13H,4-7H2,1-3H3. The maximum Gasteiger partial charge on any atom is 0.311 e. The van der Waals surface area contributed by atoms with Gasteiger partial charge >= 0.3 is 11.9 Å². The molecule has 2 aliphatic carbocycles. The first-order chi connectivity index (χ1) is 8.92. The van der Waals surface area contributed by atoms with E-state index in [9.17, 15) is 9.59 Å². The molecule has 2 saturated carbocycles. The van der Waals surface area contributed by atoms with Gasteiger partial charge in [0.25, 0.3) is 0 Å². The van der Waals surface area contributed by atoms with Crippen LogP contribution in [-0.2, 0) is 19.1 Å². The summed E-state index contributed by atoms with van der Waals surface area (Å²) in [6, 6.07) is 0. The van der Waals surface area contributed by atoms with E-state index in [1.54, 1.807) is 0 Å². The molecule has 0 amide bonds. The van der Waals surface area contributed by atoms with Crippen molar-refractivity contribution in [2.45, 2.75) is 58.7 Å². The average Bonchev–Trinajstić information content (AvgIpc) is 2.89. The van der Waals surface area contributed by atoms with Crippen LogP contribution in [0.15, 0.2) is 0 Å². The van der Waals surface area contributed by atoms with Crippen LogP contribution in [0.25, 0.3) is 0 Å². The monoisotopic (exact) mass is 266 g/mol. The van der Waals surface area contributed by atoms with Gasteiger partial charge in [0.15, 0.2) is 0 Å². The van der Waals surface area contributed by atoms with Crippen LogP contribution in [-0.4, -0.2) is 24.1 Å². The topological polar surface area (TPSA) is 52.6 Å². The fourth-order valence-electron chi connectivity index (χ4n) is 3.78. The Morgan fingerprint density at radius 3 is 2.79 bits per heavy atom. The van der Waals surface area contributed by atoms with Gasteiger partial charge in [-0.05, 0) is 39.0 Å². The van der Waals surface area contributed by atoms with E-state index in [4.69, 9.17) is 9.47 Å². The molecule has 3 rings (SSSR count). The first kappa shape index (κ1) is 12.9. The molecule has 0 spiro atoms. The Morgan fingerprint density at radius 1 is 1.37 bits per heavy atom. The van der Waals surface area contributed by atoms with Crippen molar-refractivity contribution in [3.63, 3.8) is 0 Å². The minimum Gasteiger partial charge on any atom is -0.458 e. The van der Waals surface area contributed by atoms with Gasteiger partial charge < -0.3 is 9.47 Å². The number of fused-ring (bicyclic) bond motifs is 1. The molecule has 19 heavy (non-hydrogen) atoms. The summed E-state index contributed by atoms with van der Waals surface area (Å²) in [5, 5.41) is 0. The highest BCUT2D eigenvalue weighted by Gasteiger charge is 2.59. The summed E-state index contributed by atoms with van der Waals surface area (Å²) in [5.41, 5.74) is -0.458. The van der Waals surface area contributed by atoms with Crippen molar-refractivity contribution in [1.29, 1.82) is 0 Å². The van der Waals surface area contributed by atoms with E-state index < -0.39 is 5.41 Å². The Kier molecular flexibility index (Phi) is 2.88. The van der Waals surface area contributed by atoms with Crippen LogP contribution >= 0.6 is 0 Å². The highest BCUT2D eigenvalue weighted by atomic mass is 16.6. The lowest BCUT2D eigenvalue weighted by Crippen LogP contribution is -2.48. The SMILES string of the molecule is CCC(C)(C)C(=O)OC1C2CC3CC(=O)OC1C3C2. The molecule has 5 unspecified atom stereocenters. The summed E-state index contributed by atoms with van der Waals surface area (Å²) < 4.78 is 11.2. The number of carbonyl (C=O) groups excluding carboxylic acids is 2. The predicted octanol–water partition coefficient (Wildman–Crippen LogP) is 2.31. The second kappa shape index (κ2) is 4.22. The van der Waals surface area contributed by atoms with E-state index in [1.807, 2.05) is 20.8 Å². The zero-order valence-electron chi connectivity index (χ0n) is 11.8. The largest absolute Gasteiger partial charge is 0.458 e. The predicted molar refractivity (Wildman–Crippen MR) is 68.2 cm³/mol. The van der Waals surface area contributed by atoms with Gasteiger partial charge in [0.1, 0.15) is 12.2 Å². The first-order valence-corrected chi connectivity index (χ1v) is 7.33. The highest BCUT2D eigenvalue weighted by Crippen LogP contribution is 2.54. The summed E-state index contributed by atoms with van der Waals surface area (Å²) in [4.78, 5) is 23.8. The molecular formula is C15H22O4. The van der Waals surface area contributed by atoms with Crippen LogP contribution in [0.1, 0.15) is 46.5 Å². The smallest absolute Gasteiger partial charge is 0.311 e. The number of rotatable bonds is 3. The minimum atomic E-state index is -0.458. The Labute approximate surface area is 113 Å². The summed E-state index contributed by atoms with van der Waals surface area (Å²) in [6.07, 6.45) is 2.98. The molecule has 1 heterocycles. The molecular weight excluding hydrogens is 244 g/mol. The fourth-order valence-corrected chi connectivity index (χ4v) is 3.78. The van der Waals surface area contributed by atoms with Crippen molar-refractivity contribution in [2.24, 2.45) is 23.2 Å². The van der Waals surface area contributed by atoms with E-state index in [2.05, 4.69) is 0 Å². The van der Waals surface area contributed by atoms with Crippen molar-refractivity contribution >= 4 is 11.9 Å². The average molecular weight is 266 g/mol. The van der Waals surface area contributed by atoms with Gasteiger partial charge in [-0.1, -0.05) is 6.92 Å². The molecule has 2 bridgehead atoms. The molecule has 5 atom stereocenters. The van der Waals surface area contributed by atoms with Crippen molar-refractivity contribution < 1.29 is 19.1 Å². The van der Waals surface area contributed by atoms with Gasteiger partial charge in [0.05, 0.1) is 5.41 Å². The summed E-state index contributed by atoms with van der Waals surface area (Å²) in [7, 11) is 0. The van der Waals surface area contributed by atoms with E-state index in [0.717, 1.165) is 19.3 Å². The van der Waals surface area contributed by atoms with Crippen LogP contribution in [0.3, 0.4) is 0 Å². The highest BCUT2D eigenvalue weighted by molar-refractivity contribution is 5.76. The molecule has 3 aliphatic rings. The van der Waals surface area contributed by atoms with Gasteiger partial charge in [-0.25, -0.2) is 0 Å². The number of hydrogen-bond acceptors (Lipinski definition) is 4. The van der Waals surface area contributed by atoms with E-state index >= 15 is 0 Å². The third kappa shape index (κ3) is 1.96. The zero-order valence-corrected chi connectivity index (χ0v) is 11.8. The van der Waals surface area contributed by atoms with Crippen molar-refractivity contribution in [3.05, 3.63) is 0 Å². The molecule has 4 heteroatoms. The van der Waals surface area contributed by atoms with E-state index in [0.29, 0.717) is 24.2 Å². The van der Waals surface area contributed by atoms with E-state index in [1.165, 1.54) is 0 Å². The first-order valence-electron chi connectivity index (χ1n) is 7.33. The molecule has 0 N–H and O–H groups in total. The van der Waals surface area contributed by atoms with Crippen molar-refractivity contribution in [1.82, 2.24) is 0 Å². The Bertz CT molecular complexity index is 414. The van der Waals surface area contributed by atoms with Crippen LogP contribution in [0, 0.1) is 23.2 Å². The molecule has 106 valence electrons. The molecule has 3 fully saturated rings. The van der Waals surface area contributed by atoms with Crippen LogP contribution in [0.4, 0.5) is 0 Å². The van der Waals surface area contributed by atoms with E-state index in [-0.39, 0.29) is 24.1 Å². The van der Waals surface area contributed by atoms with Gasteiger partial charge in [-0.2, -0.15) is 0 Å². The Hall–Kier alpha value is -1.06. The molecule has 4 nitrogen and oxygen atoms in total. The third-order valence-electron chi connectivity index (χ3n) is 5.37. The second-order valence-electron chi connectivity index (χ2n) is 6.92. The number of esters is 2. The lowest BCUT2D eigenvalue weighted by atomic mass is 9.81. The van der Waals surface area contributed by atoms with Gasteiger partial charge in [0, 0.05) is 18.3 Å². The lowest BCUT2D eigenvalue weighted by molar-refractivity contribution is -0.189. The van der Waals surface area contributed by atoms with Crippen molar-refractivity contribution in [2.75, 3.05) is 0 Å². The van der Waals surface area contributed by atoms with Gasteiger partial charge in [-0.15, -0.1) is 0 Å².